The summed E-state index contributed by atoms with van der Waals surface area (Å²) in [4.78, 5) is 11.3. The predicted molar refractivity (Wildman–Crippen MR) is 104 cm³/mol. The van der Waals surface area contributed by atoms with Crippen molar-refractivity contribution in [2.45, 2.75) is 39.0 Å². The average Bonchev–Trinajstić information content (AvgIpc) is 2.62. The first kappa shape index (κ1) is 20.6. The molecule has 1 aromatic carbocycles. The van der Waals surface area contributed by atoms with Gasteiger partial charge in [-0.2, -0.15) is 4.98 Å². The Morgan fingerprint density at radius 2 is 1.77 bits per heavy atom. The number of aryl methyl sites for hydroxylation is 1. The molecule has 0 N–H and O–H groups in total. The summed E-state index contributed by atoms with van der Waals surface area (Å²) in [6, 6.07) is 8.14. The van der Waals surface area contributed by atoms with Crippen LogP contribution in [0.3, 0.4) is 0 Å². The maximum absolute atomic E-state index is 13.1. The molecular formula is C20H27ClFN3O. The number of nitrogens with zero attached hydrogens (tertiary/aromatic N) is 3. The topological polar surface area (TPSA) is 38.2 Å². The normalized spacial score (nSPS) is 14.7. The Bertz CT molecular complexity index is 675. The summed E-state index contributed by atoms with van der Waals surface area (Å²) in [5.74, 6) is 0.995. The van der Waals surface area contributed by atoms with E-state index in [1.807, 2.05) is 13.0 Å². The van der Waals surface area contributed by atoms with Gasteiger partial charge in [0.1, 0.15) is 11.6 Å². The minimum atomic E-state index is -0.250. The Morgan fingerprint density at radius 1 is 1.04 bits per heavy atom. The van der Waals surface area contributed by atoms with Gasteiger partial charge in [-0.1, -0.05) is 6.42 Å². The van der Waals surface area contributed by atoms with E-state index in [4.69, 9.17) is 4.74 Å². The van der Waals surface area contributed by atoms with Gasteiger partial charge in [0, 0.05) is 11.6 Å². The van der Waals surface area contributed by atoms with E-state index in [2.05, 4.69) is 14.9 Å². The molecule has 0 unspecified atom stereocenters. The fraction of sp³-hybridized carbons (Fsp3) is 0.500. The molecule has 1 saturated heterocycles. The van der Waals surface area contributed by atoms with Gasteiger partial charge in [0.2, 0.25) is 5.88 Å². The lowest BCUT2D eigenvalue weighted by Gasteiger charge is -2.26. The number of hydrogen-bond donors (Lipinski definition) is 0. The van der Waals surface area contributed by atoms with Crippen LogP contribution < -0.4 is 4.74 Å². The van der Waals surface area contributed by atoms with Gasteiger partial charge < -0.3 is 9.64 Å². The van der Waals surface area contributed by atoms with Crippen LogP contribution >= 0.6 is 12.4 Å². The number of halogens is 2. The SMILES string of the molecule is Cc1nc(OCCCCN2CCCCC2)cc(-c2ccc(F)cc2)n1.Cl. The maximum atomic E-state index is 13.1. The molecule has 6 heteroatoms. The number of hydrogen-bond acceptors (Lipinski definition) is 4. The second kappa shape index (κ2) is 10.4. The fourth-order valence-electron chi connectivity index (χ4n) is 3.18. The average molecular weight is 380 g/mol. The van der Waals surface area contributed by atoms with E-state index in [1.54, 1.807) is 12.1 Å². The molecule has 2 aromatic rings. The van der Waals surface area contributed by atoms with Crippen molar-refractivity contribution in [2.24, 2.45) is 0 Å². The molecule has 1 aliphatic heterocycles. The summed E-state index contributed by atoms with van der Waals surface area (Å²) in [7, 11) is 0. The first-order valence-corrected chi connectivity index (χ1v) is 9.17. The van der Waals surface area contributed by atoms with Gasteiger partial charge in [-0.15, -0.1) is 12.4 Å². The summed E-state index contributed by atoms with van der Waals surface area (Å²) in [6.45, 7) is 6.15. The Kier molecular flexibility index (Phi) is 8.26. The fourth-order valence-corrected chi connectivity index (χ4v) is 3.18. The number of unbranched alkanes of at least 4 members (excludes halogenated alkanes) is 1. The zero-order valence-corrected chi connectivity index (χ0v) is 16.1. The van der Waals surface area contributed by atoms with Crippen LogP contribution in [0.15, 0.2) is 30.3 Å². The van der Waals surface area contributed by atoms with E-state index in [9.17, 15) is 4.39 Å². The largest absolute Gasteiger partial charge is 0.478 e. The minimum Gasteiger partial charge on any atom is -0.478 e. The molecule has 0 aliphatic carbocycles. The maximum Gasteiger partial charge on any atom is 0.217 e. The molecule has 3 rings (SSSR count). The van der Waals surface area contributed by atoms with E-state index in [1.165, 1.54) is 44.5 Å². The highest BCUT2D eigenvalue weighted by Gasteiger charge is 2.09. The Labute approximate surface area is 161 Å². The van der Waals surface area contributed by atoms with Crippen LogP contribution in [0.4, 0.5) is 4.39 Å². The van der Waals surface area contributed by atoms with Crippen LogP contribution in [0, 0.1) is 12.7 Å². The molecule has 0 atom stereocenters. The van der Waals surface area contributed by atoms with Crippen molar-refractivity contribution in [1.82, 2.24) is 14.9 Å². The van der Waals surface area contributed by atoms with Gasteiger partial charge in [0.25, 0.3) is 0 Å². The lowest BCUT2D eigenvalue weighted by Crippen LogP contribution is -2.30. The monoisotopic (exact) mass is 379 g/mol. The minimum absolute atomic E-state index is 0. The molecule has 1 aromatic heterocycles. The molecule has 0 bridgehead atoms. The highest BCUT2D eigenvalue weighted by Crippen LogP contribution is 2.21. The van der Waals surface area contributed by atoms with Crippen LogP contribution in [0.1, 0.15) is 37.9 Å². The van der Waals surface area contributed by atoms with Gasteiger partial charge >= 0.3 is 0 Å². The van der Waals surface area contributed by atoms with Crippen LogP contribution in [-0.2, 0) is 0 Å². The molecular weight excluding hydrogens is 353 g/mol. The number of rotatable bonds is 7. The van der Waals surface area contributed by atoms with Gasteiger partial charge in [-0.25, -0.2) is 9.37 Å². The van der Waals surface area contributed by atoms with E-state index >= 15 is 0 Å². The van der Waals surface area contributed by atoms with Crippen LogP contribution in [0.5, 0.6) is 5.88 Å². The summed E-state index contributed by atoms with van der Waals surface area (Å²) >= 11 is 0. The molecule has 142 valence electrons. The number of likely N-dealkylation sites (tertiary alicyclic amines) is 1. The molecule has 0 radical (unpaired) electrons. The molecule has 0 spiro atoms. The summed E-state index contributed by atoms with van der Waals surface area (Å²) in [5, 5.41) is 0. The number of benzene rings is 1. The third-order valence-electron chi connectivity index (χ3n) is 4.52. The zero-order valence-electron chi connectivity index (χ0n) is 15.3. The van der Waals surface area contributed by atoms with Gasteiger partial charge in [-0.05, 0) is 76.5 Å². The Morgan fingerprint density at radius 3 is 2.50 bits per heavy atom. The van der Waals surface area contributed by atoms with E-state index in [0.29, 0.717) is 18.3 Å². The smallest absolute Gasteiger partial charge is 0.217 e. The zero-order chi connectivity index (χ0) is 17.5. The predicted octanol–water partition coefficient (Wildman–Crippen LogP) is 4.66. The first-order valence-electron chi connectivity index (χ1n) is 9.17. The summed E-state index contributed by atoms with van der Waals surface area (Å²) < 4.78 is 18.9. The second-order valence-corrected chi connectivity index (χ2v) is 6.60. The van der Waals surface area contributed by atoms with Crippen molar-refractivity contribution in [3.05, 3.63) is 42.0 Å². The van der Waals surface area contributed by atoms with Crippen molar-refractivity contribution < 1.29 is 9.13 Å². The summed E-state index contributed by atoms with van der Waals surface area (Å²) in [5.41, 5.74) is 1.62. The molecule has 1 aliphatic rings. The number of ether oxygens (including phenoxy) is 1. The van der Waals surface area contributed by atoms with Crippen LogP contribution in [0.2, 0.25) is 0 Å². The molecule has 26 heavy (non-hydrogen) atoms. The van der Waals surface area contributed by atoms with Crippen molar-refractivity contribution in [3.63, 3.8) is 0 Å². The number of aromatic nitrogens is 2. The molecule has 0 amide bonds. The summed E-state index contributed by atoms with van der Waals surface area (Å²) in [6.07, 6.45) is 6.22. The van der Waals surface area contributed by atoms with Gasteiger partial charge in [0.05, 0.1) is 12.3 Å². The van der Waals surface area contributed by atoms with Crippen molar-refractivity contribution in [2.75, 3.05) is 26.2 Å². The third kappa shape index (κ3) is 6.22. The molecule has 1 fully saturated rings. The van der Waals surface area contributed by atoms with Crippen molar-refractivity contribution in [1.29, 1.82) is 0 Å². The Balaban J connectivity index is 0.00000243. The van der Waals surface area contributed by atoms with Crippen LogP contribution in [-0.4, -0.2) is 41.1 Å². The quantitative estimate of drug-likeness (QED) is 0.656. The number of piperidine rings is 1. The van der Waals surface area contributed by atoms with Gasteiger partial charge in [-0.3, -0.25) is 0 Å². The second-order valence-electron chi connectivity index (χ2n) is 6.60. The third-order valence-corrected chi connectivity index (χ3v) is 4.52. The molecule has 4 nitrogen and oxygen atoms in total. The highest BCUT2D eigenvalue weighted by atomic mass is 35.5. The first-order chi connectivity index (χ1) is 12.2. The highest BCUT2D eigenvalue weighted by molar-refractivity contribution is 5.85. The molecule has 0 saturated carbocycles. The van der Waals surface area contributed by atoms with E-state index < -0.39 is 0 Å². The van der Waals surface area contributed by atoms with E-state index in [-0.39, 0.29) is 18.2 Å². The standard InChI is InChI=1S/C20H26FN3O.ClH/c1-16-22-19(17-7-9-18(21)10-8-17)15-20(23-16)25-14-6-5-13-24-11-3-2-4-12-24;/h7-10,15H,2-6,11-14H2,1H3;1H. The Hall–Kier alpha value is -1.72. The van der Waals surface area contributed by atoms with Gasteiger partial charge in [0.15, 0.2) is 0 Å². The van der Waals surface area contributed by atoms with Crippen molar-refractivity contribution in [3.8, 4) is 17.1 Å². The van der Waals surface area contributed by atoms with Crippen molar-refractivity contribution >= 4 is 12.4 Å². The van der Waals surface area contributed by atoms with Crippen LogP contribution in [0.25, 0.3) is 11.3 Å². The van der Waals surface area contributed by atoms with E-state index in [0.717, 1.165) is 30.6 Å². The lowest BCUT2D eigenvalue weighted by atomic mass is 10.1. The lowest BCUT2D eigenvalue weighted by molar-refractivity contribution is 0.215. The molecule has 2 heterocycles.